The van der Waals surface area contributed by atoms with Gasteiger partial charge >= 0.3 is 6.03 Å². The standard InChI is InChI=1S/C20H24N10O/c1-11(27-29-18(21)22)12-2-5-14(6-3-12)25-20(31)26-15-7-8-16-13(10-15)4-9-17(16)28-30-19(23)24/h2-3,5-8,10H,4,9H2,1H3,(H4,21,22,29)(H4,23,24,30)(H2,25,26,31). The van der Waals surface area contributed by atoms with Crippen molar-refractivity contribution in [1.29, 1.82) is 10.8 Å². The molecule has 3 rings (SSSR count). The molecule has 0 spiro atoms. The molecule has 11 nitrogen and oxygen atoms in total. The van der Waals surface area contributed by atoms with Gasteiger partial charge < -0.3 is 22.1 Å². The van der Waals surface area contributed by atoms with E-state index in [2.05, 4.69) is 31.7 Å². The summed E-state index contributed by atoms with van der Waals surface area (Å²) >= 11 is 0. The minimum absolute atomic E-state index is 0.209. The van der Waals surface area contributed by atoms with Gasteiger partial charge in [0.05, 0.1) is 11.4 Å². The average molecular weight is 420 g/mol. The summed E-state index contributed by atoms with van der Waals surface area (Å²) in [6, 6.07) is 12.4. The number of hydrogen-bond acceptors (Lipinski definition) is 5. The number of carbonyl (C=O) groups is 1. The summed E-state index contributed by atoms with van der Waals surface area (Å²) < 4.78 is 0. The SMILES string of the molecule is CC(=NNC(=N)N)c1ccc(NC(=O)Nc2ccc3c(c2)CCC3=NNC(=N)N)cc1. The molecule has 0 bridgehead atoms. The fourth-order valence-corrected chi connectivity index (χ4v) is 3.09. The summed E-state index contributed by atoms with van der Waals surface area (Å²) in [5.74, 6) is -0.448. The van der Waals surface area contributed by atoms with Crippen LogP contribution in [0.5, 0.6) is 0 Å². The maximum Gasteiger partial charge on any atom is 0.323 e. The van der Waals surface area contributed by atoms with Gasteiger partial charge in [0, 0.05) is 16.9 Å². The Hall–Kier alpha value is -4.41. The van der Waals surface area contributed by atoms with Crippen LogP contribution in [-0.2, 0) is 6.42 Å². The Kier molecular flexibility index (Phi) is 6.45. The van der Waals surface area contributed by atoms with Crippen LogP contribution in [0.2, 0.25) is 0 Å². The zero-order valence-corrected chi connectivity index (χ0v) is 16.9. The van der Waals surface area contributed by atoms with Gasteiger partial charge in [-0.25, -0.2) is 15.6 Å². The molecule has 1 aliphatic carbocycles. The second-order valence-corrected chi connectivity index (χ2v) is 6.84. The summed E-state index contributed by atoms with van der Waals surface area (Å²) in [6.07, 6.45) is 1.54. The first-order valence-corrected chi connectivity index (χ1v) is 9.44. The number of anilines is 2. The molecule has 0 saturated carbocycles. The number of nitrogens with two attached hydrogens (primary N) is 2. The van der Waals surface area contributed by atoms with Crippen molar-refractivity contribution in [2.75, 3.05) is 10.6 Å². The molecule has 0 aromatic heterocycles. The van der Waals surface area contributed by atoms with E-state index in [4.69, 9.17) is 22.3 Å². The number of fused-ring (bicyclic) bond motifs is 1. The molecule has 31 heavy (non-hydrogen) atoms. The number of benzene rings is 2. The van der Waals surface area contributed by atoms with Crippen molar-refractivity contribution in [3.05, 3.63) is 59.2 Å². The van der Waals surface area contributed by atoms with E-state index in [0.717, 1.165) is 35.2 Å². The quantitative estimate of drug-likeness (QED) is 0.207. The number of nitrogens with one attached hydrogen (secondary N) is 6. The number of rotatable bonds is 5. The van der Waals surface area contributed by atoms with Crippen LogP contribution >= 0.6 is 0 Å². The third-order valence-corrected chi connectivity index (χ3v) is 4.52. The van der Waals surface area contributed by atoms with E-state index < -0.39 is 0 Å². The Balaban J connectivity index is 1.60. The van der Waals surface area contributed by atoms with E-state index in [1.807, 2.05) is 24.3 Å². The van der Waals surface area contributed by atoms with Gasteiger partial charge in [0.25, 0.3) is 0 Å². The molecule has 10 N–H and O–H groups in total. The van der Waals surface area contributed by atoms with Gasteiger partial charge in [-0.1, -0.05) is 18.2 Å². The zero-order valence-electron chi connectivity index (χ0n) is 16.9. The summed E-state index contributed by atoms with van der Waals surface area (Å²) in [5.41, 5.74) is 21.0. The van der Waals surface area contributed by atoms with E-state index in [1.165, 1.54) is 0 Å². The number of hydrogen-bond donors (Lipinski definition) is 8. The molecule has 0 unspecified atom stereocenters. The minimum Gasteiger partial charge on any atom is -0.369 e. The van der Waals surface area contributed by atoms with E-state index in [-0.39, 0.29) is 18.0 Å². The van der Waals surface area contributed by atoms with Crippen molar-refractivity contribution < 1.29 is 4.79 Å². The Morgan fingerprint density at radius 3 is 2.26 bits per heavy atom. The second-order valence-electron chi connectivity index (χ2n) is 6.84. The average Bonchev–Trinajstić information content (AvgIpc) is 3.13. The summed E-state index contributed by atoms with van der Waals surface area (Å²) in [6.45, 7) is 1.78. The number of urea groups is 1. The lowest BCUT2D eigenvalue weighted by Gasteiger charge is -2.10. The number of hydrazone groups is 2. The van der Waals surface area contributed by atoms with Crippen LogP contribution in [0, 0.1) is 10.8 Å². The fourth-order valence-electron chi connectivity index (χ4n) is 3.09. The number of amides is 2. The highest BCUT2D eigenvalue weighted by Crippen LogP contribution is 2.25. The molecule has 0 fully saturated rings. The van der Waals surface area contributed by atoms with Crippen molar-refractivity contribution in [3.8, 4) is 0 Å². The van der Waals surface area contributed by atoms with Gasteiger partial charge in [0.2, 0.25) is 11.9 Å². The van der Waals surface area contributed by atoms with Crippen molar-refractivity contribution in [3.63, 3.8) is 0 Å². The van der Waals surface area contributed by atoms with Crippen LogP contribution in [0.1, 0.15) is 30.0 Å². The highest BCUT2D eigenvalue weighted by Gasteiger charge is 2.18. The second kappa shape index (κ2) is 9.39. The first kappa shape index (κ1) is 21.3. The summed E-state index contributed by atoms with van der Waals surface area (Å²) in [7, 11) is 0. The highest BCUT2D eigenvalue weighted by molar-refractivity contribution is 6.06. The van der Waals surface area contributed by atoms with Gasteiger partial charge in [0.1, 0.15) is 0 Å². The Bertz CT molecular complexity index is 1070. The predicted molar refractivity (Wildman–Crippen MR) is 123 cm³/mol. The molecular formula is C20H24N10O. The fraction of sp³-hybridized carbons (Fsp3) is 0.150. The number of nitrogens with zero attached hydrogens (tertiary/aromatic N) is 2. The lowest BCUT2D eigenvalue weighted by molar-refractivity contribution is 0.262. The van der Waals surface area contributed by atoms with Gasteiger partial charge in [-0.3, -0.25) is 10.8 Å². The van der Waals surface area contributed by atoms with Crippen LogP contribution in [0.15, 0.2) is 52.7 Å². The van der Waals surface area contributed by atoms with Crippen LogP contribution in [0.4, 0.5) is 16.2 Å². The summed E-state index contributed by atoms with van der Waals surface area (Å²) in [5, 5.41) is 28.0. The first-order chi connectivity index (χ1) is 14.8. The molecule has 0 radical (unpaired) electrons. The van der Waals surface area contributed by atoms with E-state index in [0.29, 0.717) is 17.1 Å². The molecule has 2 aromatic carbocycles. The smallest absolute Gasteiger partial charge is 0.323 e. The third-order valence-electron chi connectivity index (χ3n) is 4.52. The number of carbonyl (C=O) groups excluding carboxylic acids is 1. The van der Waals surface area contributed by atoms with E-state index >= 15 is 0 Å². The highest BCUT2D eigenvalue weighted by atomic mass is 16.2. The van der Waals surface area contributed by atoms with Crippen LogP contribution in [0.25, 0.3) is 0 Å². The Labute approximate surface area is 179 Å². The Morgan fingerprint density at radius 2 is 1.58 bits per heavy atom. The van der Waals surface area contributed by atoms with Crippen molar-refractivity contribution >= 4 is 40.7 Å². The van der Waals surface area contributed by atoms with Crippen LogP contribution in [-0.4, -0.2) is 29.4 Å². The van der Waals surface area contributed by atoms with Gasteiger partial charge in [0.15, 0.2) is 0 Å². The number of aryl methyl sites for hydroxylation is 1. The molecule has 0 aliphatic heterocycles. The van der Waals surface area contributed by atoms with Gasteiger partial charge in [-0.2, -0.15) is 10.2 Å². The summed E-state index contributed by atoms with van der Waals surface area (Å²) in [4.78, 5) is 12.4. The lowest BCUT2D eigenvalue weighted by atomic mass is 10.1. The van der Waals surface area contributed by atoms with Crippen molar-refractivity contribution in [2.24, 2.45) is 21.7 Å². The zero-order chi connectivity index (χ0) is 22.4. The first-order valence-electron chi connectivity index (χ1n) is 9.44. The topological polar surface area (TPSA) is 190 Å². The van der Waals surface area contributed by atoms with Gasteiger partial charge in [-0.15, -0.1) is 0 Å². The van der Waals surface area contributed by atoms with E-state index in [9.17, 15) is 4.79 Å². The number of guanidine groups is 2. The van der Waals surface area contributed by atoms with Crippen molar-refractivity contribution in [2.45, 2.75) is 19.8 Å². The van der Waals surface area contributed by atoms with Crippen molar-refractivity contribution in [1.82, 2.24) is 10.9 Å². The van der Waals surface area contributed by atoms with E-state index in [1.54, 1.807) is 25.1 Å². The monoisotopic (exact) mass is 420 g/mol. The van der Waals surface area contributed by atoms with Crippen LogP contribution < -0.4 is 33.0 Å². The molecule has 11 heteroatoms. The molecule has 160 valence electrons. The molecule has 0 saturated heterocycles. The molecule has 0 atom stereocenters. The normalized spacial score (nSPS) is 14.0. The minimum atomic E-state index is -0.360. The molecule has 0 heterocycles. The van der Waals surface area contributed by atoms with Gasteiger partial charge in [-0.05, 0) is 55.2 Å². The molecule has 1 aliphatic rings. The third kappa shape index (κ3) is 5.79. The Morgan fingerprint density at radius 1 is 0.935 bits per heavy atom. The molecular weight excluding hydrogens is 396 g/mol. The molecule has 2 amide bonds. The molecule has 2 aromatic rings. The predicted octanol–water partition coefficient (Wildman–Crippen LogP) is 1.67. The maximum atomic E-state index is 12.4. The van der Waals surface area contributed by atoms with Crippen LogP contribution in [0.3, 0.4) is 0 Å². The lowest BCUT2D eigenvalue weighted by Crippen LogP contribution is -2.26. The maximum absolute atomic E-state index is 12.4. The largest absolute Gasteiger partial charge is 0.369 e.